The SMILES string of the molecule is CC(C)CSc1cc2c(cc1Cl)C=C(C(=O)O)C(C(F)(F)F)O2.CCOC(=O)C1=Cc2cc(Cl)c(S(=O)(=O)CC(C)C)cc2OC1C(F)(F)F. The number of thioether (sulfide) groups is 1. The molecule has 2 aliphatic rings. The van der Waals surface area contributed by atoms with Gasteiger partial charge in [0, 0.05) is 27.8 Å². The summed E-state index contributed by atoms with van der Waals surface area (Å²) in [6.07, 6.45) is -12.8. The van der Waals surface area contributed by atoms with Gasteiger partial charge >= 0.3 is 24.3 Å². The molecule has 0 radical (unpaired) electrons. The highest BCUT2D eigenvalue weighted by atomic mass is 35.5. The maximum Gasteiger partial charge on any atom is 0.430 e. The number of hydrogen-bond acceptors (Lipinski definition) is 8. The number of aliphatic carboxylic acids is 1. The molecule has 50 heavy (non-hydrogen) atoms. The Balaban J connectivity index is 0.000000274. The second-order valence-corrected chi connectivity index (χ2v) is 15.7. The average molecular weight is 794 g/mol. The molecule has 2 heterocycles. The smallest absolute Gasteiger partial charge is 0.430 e. The summed E-state index contributed by atoms with van der Waals surface area (Å²) in [6.45, 7) is 8.75. The van der Waals surface area contributed by atoms with Gasteiger partial charge in [0.25, 0.3) is 0 Å². The zero-order valence-electron chi connectivity index (χ0n) is 27.0. The largest absolute Gasteiger partial charge is 0.478 e. The summed E-state index contributed by atoms with van der Waals surface area (Å²) in [6, 6.07) is 4.98. The van der Waals surface area contributed by atoms with Crippen LogP contribution in [0.25, 0.3) is 12.2 Å². The number of ether oxygens (including phenoxy) is 3. The molecule has 2 unspecified atom stereocenters. The number of fused-ring (bicyclic) bond motifs is 2. The maximum absolute atomic E-state index is 13.4. The van der Waals surface area contributed by atoms with Gasteiger partial charge in [-0.1, -0.05) is 50.9 Å². The van der Waals surface area contributed by atoms with Crippen LogP contribution < -0.4 is 9.47 Å². The number of esters is 1. The molecular weight excluding hydrogens is 761 g/mol. The van der Waals surface area contributed by atoms with E-state index in [2.05, 4.69) is 4.74 Å². The fourth-order valence-electron chi connectivity index (χ4n) is 4.57. The van der Waals surface area contributed by atoms with Gasteiger partial charge in [0.05, 0.1) is 38.4 Å². The van der Waals surface area contributed by atoms with Gasteiger partial charge in [0.2, 0.25) is 12.2 Å². The minimum Gasteiger partial charge on any atom is -0.478 e. The third-order valence-corrected chi connectivity index (χ3v) is 11.1. The van der Waals surface area contributed by atoms with Crippen molar-refractivity contribution in [3.8, 4) is 11.5 Å². The van der Waals surface area contributed by atoms with Gasteiger partial charge in [-0.15, -0.1) is 11.8 Å². The quantitative estimate of drug-likeness (QED) is 0.151. The maximum atomic E-state index is 13.4. The molecule has 0 aliphatic carbocycles. The summed E-state index contributed by atoms with van der Waals surface area (Å²) in [4.78, 5) is 23.3. The van der Waals surface area contributed by atoms with E-state index in [1.807, 2.05) is 13.8 Å². The van der Waals surface area contributed by atoms with Crippen molar-refractivity contribution in [2.45, 2.75) is 69.0 Å². The third kappa shape index (κ3) is 10.3. The lowest BCUT2D eigenvalue weighted by Gasteiger charge is -2.28. The highest BCUT2D eigenvalue weighted by Crippen LogP contribution is 2.43. The number of benzene rings is 2. The van der Waals surface area contributed by atoms with Crippen molar-refractivity contribution in [3.63, 3.8) is 0 Å². The average Bonchev–Trinajstić information content (AvgIpc) is 2.97. The molecule has 18 heteroatoms. The zero-order valence-corrected chi connectivity index (χ0v) is 30.2. The van der Waals surface area contributed by atoms with E-state index in [4.69, 9.17) is 37.8 Å². The van der Waals surface area contributed by atoms with Crippen LogP contribution in [0.15, 0.2) is 45.2 Å². The van der Waals surface area contributed by atoms with E-state index in [1.165, 1.54) is 30.8 Å². The van der Waals surface area contributed by atoms with Crippen LogP contribution in [0, 0.1) is 11.8 Å². The second kappa shape index (κ2) is 16.1. The summed E-state index contributed by atoms with van der Waals surface area (Å²) in [5.74, 6) is -2.48. The predicted molar refractivity (Wildman–Crippen MR) is 177 cm³/mol. The first-order valence-corrected chi connectivity index (χ1v) is 18.2. The Morgan fingerprint density at radius 3 is 1.84 bits per heavy atom. The third-order valence-electron chi connectivity index (χ3n) is 6.62. The Morgan fingerprint density at radius 2 is 1.36 bits per heavy atom. The molecule has 0 saturated carbocycles. The molecule has 0 spiro atoms. The first kappa shape index (κ1) is 41.3. The van der Waals surface area contributed by atoms with Crippen LogP contribution in [0.3, 0.4) is 0 Å². The fraction of sp³-hybridized carbons (Fsp3) is 0.438. The van der Waals surface area contributed by atoms with Crippen molar-refractivity contribution >= 4 is 68.9 Å². The second-order valence-electron chi connectivity index (χ2n) is 11.8. The van der Waals surface area contributed by atoms with Crippen molar-refractivity contribution in [1.29, 1.82) is 0 Å². The van der Waals surface area contributed by atoms with Gasteiger partial charge in [0.15, 0.2) is 9.84 Å². The number of rotatable bonds is 9. The van der Waals surface area contributed by atoms with Gasteiger partial charge < -0.3 is 19.3 Å². The Kier molecular flexibility index (Phi) is 13.3. The molecule has 2 aromatic carbocycles. The molecule has 0 saturated heterocycles. The van der Waals surface area contributed by atoms with Gasteiger partial charge in [0.1, 0.15) is 11.5 Å². The van der Waals surface area contributed by atoms with E-state index in [0.717, 1.165) is 30.0 Å². The topological polar surface area (TPSA) is 116 Å². The minimum absolute atomic E-state index is 0.0204. The molecule has 0 aromatic heterocycles. The van der Waals surface area contributed by atoms with Crippen molar-refractivity contribution in [3.05, 3.63) is 56.6 Å². The standard InChI is InChI=1S/C17H18ClF3O5S.C15H14ClF3O3S/c1-4-25-16(22)11-5-10-6-12(18)14(27(23,24)8-9(2)3)7-13(10)26-15(11)17(19,20)21;1-7(2)6-23-12-5-11-8(4-10(12)16)3-9(14(20)21)13(22-11)15(17,18)19/h5-7,9,15H,4,8H2,1-3H3;3-5,7,13H,6H2,1-2H3,(H,20,21). The zero-order chi connectivity index (χ0) is 37.9. The van der Waals surface area contributed by atoms with Crippen LogP contribution in [0.2, 0.25) is 10.0 Å². The van der Waals surface area contributed by atoms with E-state index in [9.17, 15) is 44.3 Å². The predicted octanol–water partition coefficient (Wildman–Crippen LogP) is 8.92. The number of carbonyl (C=O) groups excluding carboxylic acids is 1. The molecule has 1 N–H and O–H groups in total. The fourth-order valence-corrected chi connectivity index (χ4v) is 8.03. The number of carbonyl (C=O) groups is 2. The number of halogens is 8. The minimum atomic E-state index is -4.90. The van der Waals surface area contributed by atoms with Gasteiger partial charge in [-0.05, 0) is 49.1 Å². The van der Waals surface area contributed by atoms with E-state index >= 15 is 0 Å². The number of hydrogen-bond donors (Lipinski definition) is 1. The Bertz CT molecular complexity index is 1790. The number of alkyl halides is 6. The Morgan fingerprint density at radius 1 is 0.860 bits per heavy atom. The van der Waals surface area contributed by atoms with Crippen LogP contribution in [-0.2, 0) is 24.2 Å². The van der Waals surface area contributed by atoms with Crippen molar-refractivity contribution in [2.24, 2.45) is 11.8 Å². The lowest BCUT2D eigenvalue weighted by atomic mass is 10.0. The van der Waals surface area contributed by atoms with E-state index in [-0.39, 0.29) is 50.8 Å². The first-order chi connectivity index (χ1) is 23.0. The van der Waals surface area contributed by atoms with E-state index < -0.39 is 57.5 Å². The van der Waals surface area contributed by atoms with Crippen LogP contribution in [0.5, 0.6) is 11.5 Å². The summed E-state index contributed by atoms with van der Waals surface area (Å²) >= 11 is 13.6. The first-order valence-electron chi connectivity index (χ1n) is 14.8. The normalized spacial score (nSPS) is 17.3. The van der Waals surface area contributed by atoms with Crippen molar-refractivity contribution in [2.75, 3.05) is 18.1 Å². The monoisotopic (exact) mass is 792 g/mol. The molecule has 4 rings (SSSR count). The highest BCUT2D eigenvalue weighted by molar-refractivity contribution is 7.99. The number of sulfone groups is 1. The van der Waals surface area contributed by atoms with E-state index in [1.54, 1.807) is 13.8 Å². The Hall–Kier alpha value is -3.08. The van der Waals surface area contributed by atoms with Crippen LogP contribution in [0.4, 0.5) is 26.3 Å². The van der Waals surface area contributed by atoms with Crippen LogP contribution in [0.1, 0.15) is 45.7 Å². The lowest BCUT2D eigenvalue weighted by molar-refractivity contribution is -0.188. The summed E-state index contributed by atoms with van der Waals surface area (Å²) in [7, 11) is -3.82. The molecule has 0 fully saturated rings. The molecule has 2 aromatic rings. The molecular formula is C32H32Cl2F6O8S2. The summed E-state index contributed by atoms with van der Waals surface area (Å²) < 4.78 is 119. The molecule has 8 nitrogen and oxygen atoms in total. The molecule has 2 aliphatic heterocycles. The summed E-state index contributed by atoms with van der Waals surface area (Å²) in [5, 5.41) is 9.17. The number of carboxylic acid groups (broad SMARTS) is 1. The molecule has 276 valence electrons. The highest BCUT2D eigenvalue weighted by Gasteiger charge is 2.50. The van der Waals surface area contributed by atoms with Crippen LogP contribution >= 0.6 is 35.0 Å². The lowest BCUT2D eigenvalue weighted by Crippen LogP contribution is -2.40. The van der Waals surface area contributed by atoms with Gasteiger partial charge in [-0.2, -0.15) is 26.3 Å². The van der Waals surface area contributed by atoms with Crippen molar-refractivity contribution in [1.82, 2.24) is 0 Å². The molecule has 0 bridgehead atoms. The number of carboxylic acids is 1. The molecule has 0 amide bonds. The Labute approximate surface area is 298 Å². The van der Waals surface area contributed by atoms with Crippen molar-refractivity contribution < 1.29 is 63.7 Å². The van der Waals surface area contributed by atoms with Gasteiger partial charge in [-0.25, -0.2) is 18.0 Å². The van der Waals surface area contributed by atoms with Crippen LogP contribution in [-0.4, -0.2) is 68.1 Å². The van der Waals surface area contributed by atoms with Gasteiger partial charge in [-0.3, -0.25) is 0 Å². The van der Waals surface area contributed by atoms with E-state index in [0.29, 0.717) is 15.8 Å². The molecule has 2 atom stereocenters. The summed E-state index contributed by atoms with van der Waals surface area (Å²) in [5.41, 5.74) is -1.30.